The van der Waals surface area contributed by atoms with Crippen molar-refractivity contribution in [1.29, 1.82) is 5.26 Å². The Labute approximate surface area is 247 Å². The van der Waals surface area contributed by atoms with Crippen LogP contribution in [0.4, 0.5) is 0 Å². The molecule has 1 aromatic heterocycles. The van der Waals surface area contributed by atoms with Crippen LogP contribution >= 0.6 is 11.3 Å². The summed E-state index contributed by atoms with van der Waals surface area (Å²) in [4.78, 5) is 1.45. The number of nitriles is 1. The summed E-state index contributed by atoms with van der Waals surface area (Å²) in [5.74, 6) is 0. The van der Waals surface area contributed by atoms with Gasteiger partial charge < -0.3 is 9.47 Å². The zero-order valence-corrected chi connectivity index (χ0v) is 26.7. The molecule has 4 atom stereocenters. The summed E-state index contributed by atoms with van der Waals surface area (Å²) >= 11 is 1.94. The summed E-state index contributed by atoms with van der Waals surface area (Å²) in [7, 11) is 0. The molecule has 0 saturated carbocycles. The Morgan fingerprint density at radius 1 is 0.800 bits per heavy atom. The van der Waals surface area contributed by atoms with Crippen molar-refractivity contribution in [2.24, 2.45) is 5.41 Å². The summed E-state index contributed by atoms with van der Waals surface area (Å²) in [5.41, 5.74) is 2.74. The number of nitrogens with zero attached hydrogens (tertiary/aromatic N) is 1. The van der Waals surface area contributed by atoms with Crippen LogP contribution in [-0.4, -0.2) is 24.4 Å². The Hall–Kier alpha value is -2.19. The molecule has 4 unspecified atom stereocenters. The van der Waals surface area contributed by atoms with Crippen LogP contribution in [0.25, 0.3) is 10.1 Å². The van der Waals surface area contributed by atoms with Gasteiger partial charge in [0.25, 0.3) is 0 Å². The third kappa shape index (κ3) is 5.50. The van der Waals surface area contributed by atoms with Crippen LogP contribution in [0, 0.1) is 16.7 Å². The van der Waals surface area contributed by atoms with Gasteiger partial charge in [-0.05, 0) is 62.6 Å². The largest absolute Gasteiger partial charge is 0.367 e. The molecular formula is C36H49NO2S. The van der Waals surface area contributed by atoms with E-state index in [1.807, 2.05) is 11.3 Å². The standard InChI is InChI=1S/C30H35NO2S.C6H14/c1-6-18-32-29(4)15-13-27(2)20-22-21-11-7-8-12-23(21)34-26(22)28(3)14-16-30(5,25(29)24(27)28)33-19-10-9-17-31;1-3-5-6-4-2/h7-8,11-16H,6,9-10,18-20H2,1-5H3;3-6H2,1-2H3. The van der Waals surface area contributed by atoms with Crippen molar-refractivity contribution < 1.29 is 9.47 Å². The van der Waals surface area contributed by atoms with Gasteiger partial charge in [-0.25, -0.2) is 0 Å². The molecule has 0 N–H and O–H groups in total. The Bertz CT molecular complexity index is 1320. The van der Waals surface area contributed by atoms with E-state index in [1.165, 1.54) is 57.4 Å². The molecular weight excluding hydrogens is 510 g/mol. The molecule has 0 saturated heterocycles. The lowest BCUT2D eigenvalue weighted by molar-refractivity contribution is -0.0332. The first-order chi connectivity index (χ1) is 19.1. The zero-order valence-electron chi connectivity index (χ0n) is 25.9. The Balaban J connectivity index is 0.000000557. The van der Waals surface area contributed by atoms with Crippen LogP contribution in [-0.2, 0) is 21.3 Å². The highest BCUT2D eigenvalue weighted by Crippen LogP contribution is 2.63. The van der Waals surface area contributed by atoms with Crippen LogP contribution in [0.15, 0.2) is 59.7 Å². The van der Waals surface area contributed by atoms with Gasteiger partial charge in [0.1, 0.15) is 11.2 Å². The molecule has 3 aliphatic rings. The van der Waals surface area contributed by atoms with Crippen LogP contribution in [0.3, 0.4) is 0 Å². The average molecular weight is 560 g/mol. The molecule has 0 radical (unpaired) electrons. The fourth-order valence-corrected chi connectivity index (χ4v) is 8.37. The molecule has 5 rings (SSSR count). The van der Waals surface area contributed by atoms with Crippen LogP contribution in [0.5, 0.6) is 0 Å². The summed E-state index contributed by atoms with van der Waals surface area (Å²) in [6, 6.07) is 11.1. The van der Waals surface area contributed by atoms with Crippen molar-refractivity contribution in [3.05, 3.63) is 70.2 Å². The van der Waals surface area contributed by atoms with Gasteiger partial charge in [-0.3, -0.25) is 0 Å². The minimum Gasteiger partial charge on any atom is -0.367 e. The SMILES string of the molecule is CCCCCC.CCCOC1(C)C=CC2(C)Cc3c(sc4ccccc34)C3(C)C=CC(C)(OCCCC#N)C1=C23. The monoisotopic (exact) mass is 559 g/mol. The molecule has 1 aromatic carbocycles. The highest BCUT2D eigenvalue weighted by molar-refractivity contribution is 7.19. The van der Waals surface area contributed by atoms with Crippen molar-refractivity contribution in [3.8, 4) is 6.07 Å². The van der Waals surface area contributed by atoms with Gasteiger partial charge in [0, 0.05) is 45.6 Å². The number of unbranched alkanes of at least 4 members (excludes halogenated alkanes) is 4. The summed E-state index contributed by atoms with van der Waals surface area (Å²) in [6.45, 7) is 17.0. The molecule has 3 nitrogen and oxygen atoms in total. The lowest BCUT2D eigenvalue weighted by Gasteiger charge is -2.56. The molecule has 216 valence electrons. The second-order valence-corrected chi connectivity index (χ2v) is 13.6. The Kier molecular flexibility index (Phi) is 9.50. The maximum atomic E-state index is 9.01. The van der Waals surface area contributed by atoms with Gasteiger partial charge in [0.05, 0.1) is 6.07 Å². The highest BCUT2D eigenvalue weighted by atomic mass is 32.1. The molecule has 40 heavy (non-hydrogen) atoms. The minimum absolute atomic E-state index is 0.113. The molecule has 0 spiro atoms. The van der Waals surface area contributed by atoms with Crippen LogP contribution < -0.4 is 0 Å². The van der Waals surface area contributed by atoms with Gasteiger partial charge >= 0.3 is 0 Å². The van der Waals surface area contributed by atoms with Gasteiger partial charge in [-0.1, -0.05) is 95.9 Å². The van der Waals surface area contributed by atoms with Crippen molar-refractivity contribution in [2.75, 3.05) is 13.2 Å². The van der Waals surface area contributed by atoms with E-state index in [1.54, 1.807) is 0 Å². The molecule has 4 heteroatoms. The predicted octanol–water partition coefficient (Wildman–Crippen LogP) is 10.0. The van der Waals surface area contributed by atoms with Crippen molar-refractivity contribution in [2.45, 2.75) is 116 Å². The van der Waals surface area contributed by atoms with E-state index in [2.05, 4.69) is 103 Å². The van der Waals surface area contributed by atoms with E-state index < -0.39 is 11.2 Å². The van der Waals surface area contributed by atoms with Gasteiger partial charge in [0.15, 0.2) is 0 Å². The second kappa shape index (κ2) is 12.4. The number of rotatable bonds is 10. The van der Waals surface area contributed by atoms with E-state index >= 15 is 0 Å². The second-order valence-electron chi connectivity index (χ2n) is 12.5. The first-order valence-corrected chi connectivity index (χ1v) is 16.3. The molecule has 2 aromatic rings. The van der Waals surface area contributed by atoms with Crippen molar-refractivity contribution in [3.63, 3.8) is 0 Å². The molecule has 0 aliphatic heterocycles. The molecule has 0 amide bonds. The lowest BCUT2D eigenvalue weighted by atomic mass is 9.51. The van der Waals surface area contributed by atoms with E-state index in [0.29, 0.717) is 19.6 Å². The quantitative estimate of drug-likeness (QED) is 0.215. The zero-order chi connectivity index (χ0) is 29.0. The van der Waals surface area contributed by atoms with E-state index in [-0.39, 0.29) is 10.8 Å². The van der Waals surface area contributed by atoms with Crippen molar-refractivity contribution in [1.82, 2.24) is 0 Å². The maximum Gasteiger partial charge on any atom is 0.108 e. The molecule has 3 aliphatic carbocycles. The lowest BCUT2D eigenvalue weighted by Crippen LogP contribution is -2.54. The topological polar surface area (TPSA) is 42.2 Å². The maximum absolute atomic E-state index is 9.01. The summed E-state index contributed by atoms with van der Waals surface area (Å²) in [6.07, 6.45) is 18.1. The summed E-state index contributed by atoms with van der Waals surface area (Å²) < 4.78 is 14.6. The van der Waals surface area contributed by atoms with E-state index in [4.69, 9.17) is 14.7 Å². The number of hydrogen-bond acceptors (Lipinski definition) is 4. The Morgan fingerprint density at radius 2 is 1.45 bits per heavy atom. The van der Waals surface area contributed by atoms with E-state index in [9.17, 15) is 0 Å². The fourth-order valence-electron chi connectivity index (χ4n) is 7.02. The number of benzene rings is 1. The van der Waals surface area contributed by atoms with Crippen LogP contribution in [0.2, 0.25) is 0 Å². The molecule has 0 fully saturated rings. The first-order valence-electron chi connectivity index (χ1n) is 15.4. The average Bonchev–Trinajstić information content (AvgIpc) is 3.32. The highest BCUT2D eigenvalue weighted by Gasteiger charge is 2.58. The predicted molar refractivity (Wildman–Crippen MR) is 170 cm³/mol. The molecule has 0 bridgehead atoms. The third-order valence-electron chi connectivity index (χ3n) is 8.95. The normalized spacial score (nSPS) is 29.9. The number of hydrogen-bond donors (Lipinski definition) is 0. The smallest absolute Gasteiger partial charge is 0.108 e. The van der Waals surface area contributed by atoms with Gasteiger partial charge in [0.2, 0.25) is 0 Å². The number of thiophene rings is 1. The van der Waals surface area contributed by atoms with Gasteiger partial charge in [-0.15, -0.1) is 11.3 Å². The third-order valence-corrected chi connectivity index (χ3v) is 10.4. The number of fused-ring (bicyclic) bond motifs is 4. The Morgan fingerprint density at radius 3 is 2.10 bits per heavy atom. The van der Waals surface area contributed by atoms with Gasteiger partial charge in [-0.2, -0.15) is 5.26 Å². The number of allylic oxidation sites excluding steroid dienone is 3. The molecule has 1 heterocycles. The van der Waals surface area contributed by atoms with Crippen molar-refractivity contribution >= 4 is 21.4 Å². The number of ether oxygens (including phenoxy) is 2. The summed E-state index contributed by atoms with van der Waals surface area (Å²) in [5, 5.41) is 10.4. The first kappa shape index (κ1) is 30.8. The van der Waals surface area contributed by atoms with Crippen LogP contribution in [0.1, 0.15) is 104 Å². The fraction of sp³-hybridized carbons (Fsp3) is 0.583. The minimum atomic E-state index is -0.576. The van der Waals surface area contributed by atoms with E-state index in [0.717, 1.165) is 19.3 Å².